The first-order valence-electron chi connectivity index (χ1n) is 5.92. The average molecular weight is 307 g/mol. The van der Waals surface area contributed by atoms with Crippen molar-refractivity contribution in [2.75, 3.05) is 0 Å². The minimum absolute atomic E-state index is 0.335. The maximum absolute atomic E-state index is 11.9. The minimum atomic E-state index is -0.339. The van der Waals surface area contributed by atoms with Crippen LogP contribution in [0.5, 0.6) is 0 Å². The summed E-state index contributed by atoms with van der Waals surface area (Å²) in [5, 5.41) is 4.67. The molecule has 0 unspecified atom stereocenters. The summed E-state index contributed by atoms with van der Waals surface area (Å²) >= 11 is 11.7. The fourth-order valence-electron chi connectivity index (χ4n) is 1.59. The molecule has 0 heterocycles. The van der Waals surface area contributed by atoms with Gasteiger partial charge in [-0.1, -0.05) is 47.5 Å². The summed E-state index contributed by atoms with van der Waals surface area (Å²) in [4.78, 5) is 11.9. The van der Waals surface area contributed by atoms with Crippen molar-refractivity contribution in [2.24, 2.45) is 5.10 Å². The van der Waals surface area contributed by atoms with E-state index >= 15 is 0 Å². The zero-order chi connectivity index (χ0) is 14.5. The third kappa shape index (κ3) is 3.59. The van der Waals surface area contributed by atoms with Crippen molar-refractivity contribution in [3.05, 3.63) is 69.2 Å². The van der Waals surface area contributed by atoms with Gasteiger partial charge in [0.1, 0.15) is 0 Å². The third-order valence-electron chi connectivity index (χ3n) is 2.74. The molecule has 5 heteroatoms. The van der Waals surface area contributed by atoms with Crippen molar-refractivity contribution < 1.29 is 4.79 Å². The van der Waals surface area contributed by atoms with Crippen LogP contribution < -0.4 is 5.43 Å². The quantitative estimate of drug-likeness (QED) is 0.674. The van der Waals surface area contributed by atoms with Crippen LogP contribution in [0, 0.1) is 6.92 Å². The van der Waals surface area contributed by atoms with Crippen LogP contribution in [0.3, 0.4) is 0 Å². The Morgan fingerprint density at radius 3 is 2.60 bits per heavy atom. The Balaban J connectivity index is 2.05. The molecule has 0 aromatic heterocycles. The number of nitrogens with one attached hydrogen (secondary N) is 1. The molecule has 0 saturated heterocycles. The zero-order valence-electron chi connectivity index (χ0n) is 10.7. The van der Waals surface area contributed by atoms with Gasteiger partial charge in [-0.15, -0.1) is 0 Å². The molecule has 2 aromatic carbocycles. The number of rotatable bonds is 3. The van der Waals surface area contributed by atoms with Gasteiger partial charge in [-0.05, 0) is 36.2 Å². The molecule has 0 radical (unpaired) electrons. The molecule has 102 valence electrons. The molecular formula is C15H12Cl2N2O. The van der Waals surface area contributed by atoms with Crippen molar-refractivity contribution >= 4 is 35.3 Å². The standard InChI is InChI=1S/C15H12Cl2N2O/c1-10-4-2-3-5-12(10)9-18-19-15(20)11-6-7-13(16)14(17)8-11/h2-9H,1H3,(H,19,20)/b18-9+. The Morgan fingerprint density at radius 2 is 1.90 bits per heavy atom. The predicted octanol–water partition coefficient (Wildman–Crippen LogP) is 4.07. The Bertz CT molecular complexity index is 669. The molecule has 2 rings (SSSR count). The molecule has 2 aromatic rings. The van der Waals surface area contributed by atoms with Gasteiger partial charge in [-0.3, -0.25) is 4.79 Å². The number of nitrogens with zero attached hydrogens (tertiary/aromatic N) is 1. The van der Waals surface area contributed by atoms with E-state index in [1.54, 1.807) is 18.3 Å². The lowest BCUT2D eigenvalue weighted by Crippen LogP contribution is -2.17. The molecule has 1 amide bonds. The van der Waals surface area contributed by atoms with Crippen molar-refractivity contribution in [1.82, 2.24) is 5.43 Å². The Hall–Kier alpha value is -1.84. The number of carbonyl (C=O) groups is 1. The second-order valence-electron chi connectivity index (χ2n) is 4.18. The lowest BCUT2D eigenvalue weighted by atomic mass is 10.1. The van der Waals surface area contributed by atoms with Crippen molar-refractivity contribution in [3.8, 4) is 0 Å². The van der Waals surface area contributed by atoms with Crippen LogP contribution in [0.15, 0.2) is 47.6 Å². The molecule has 3 nitrogen and oxygen atoms in total. The van der Waals surface area contributed by atoms with Crippen LogP contribution in [-0.4, -0.2) is 12.1 Å². The van der Waals surface area contributed by atoms with Gasteiger partial charge < -0.3 is 0 Å². The minimum Gasteiger partial charge on any atom is -0.267 e. The van der Waals surface area contributed by atoms with Gasteiger partial charge in [-0.25, -0.2) is 5.43 Å². The maximum atomic E-state index is 11.9. The van der Waals surface area contributed by atoms with Crippen molar-refractivity contribution in [3.63, 3.8) is 0 Å². The van der Waals surface area contributed by atoms with Crippen molar-refractivity contribution in [1.29, 1.82) is 0 Å². The number of hydrazone groups is 1. The Morgan fingerprint density at radius 1 is 1.15 bits per heavy atom. The first-order valence-corrected chi connectivity index (χ1v) is 6.67. The third-order valence-corrected chi connectivity index (χ3v) is 3.48. The number of halogens is 2. The lowest BCUT2D eigenvalue weighted by Gasteiger charge is -2.02. The normalized spacial score (nSPS) is 10.8. The first-order chi connectivity index (χ1) is 9.58. The molecule has 1 N–H and O–H groups in total. The monoisotopic (exact) mass is 306 g/mol. The highest BCUT2D eigenvalue weighted by molar-refractivity contribution is 6.42. The fourth-order valence-corrected chi connectivity index (χ4v) is 1.89. The number of aryl methyl sites for hydroxylation is 1. The number of benzene rings is 2. The van der Waals surface area contributed by atoms with E-state index in [9.17, 15) is 4.79 Å². The van der Waals surface area contributed by atoms with Gasteiger partial charge in [0, 0.05) is 5.56 Å². The number of hydrogen-bond acceptors (Lipinski definition) is 2. The topological polar surface area (TPSA) is 41.5 Å². The van der Waals surface area contributed by atoms with E-state index in [0.29, 0.717) is 15.6 Å². The Kier molecular flexibility index (Phi) is 4.77. The van der Waals surface area contributed by atoms with E-state index in [1.165, 1.54) is 6.07 Å². The van der Waals surface area contributed by atoms with Crippen LogP contribution in [0.2, 0.25) is 10.0 Å². The van der Waals surface area contributed by atoms with Gasteiger partial charge in [0.15, 0.2) is 0 Å². The van der Waals surface area contributed by atoms with Gasteiger partial charge in [0.05, 0.1) is 16.3 Å². The van der Waals surface area contributed by atoms with E-state index in [-0.39, 0.29) is 5.91 Å². The number of hydrogen-bond donors (Lipinski definition) is 1. The van der Waals surface area contributed by atoms with Crippen LogP contribution in [-0.2, 0) is 0 Å². The van der Waals surface area contributed by atoms with Crippen LogP contribution >= 0.6 is 23.2 Å². The number of amides is 1. The fraction of sp³-hybridized carbons (Fsp3) is 0.0667. The molecule has 0 spiro atoms. The molecule has 0 bridgehead atoms. The molecule has 0 aliphatic heterocycles. The van der Waals surface area contributed by atoms with E-state index in [0.717, 1.165) is 11.1 Å². The van der Waals surface area contributed by atoms with E-state index in [1.807, 2.05) is 31.2 Å². The molecule has 0 saturated carbocycles. The second-order valence-corrected chi connectivity index (χ2v) is 5.00. The lowest BCUT2D eigenvalue weighted by molar-refractivity contribution is 0.0955. The molecule has 0 aliphatic rings. The average Bonchev–Trinajstić information content (AvgIpc) is 2.44. The smallest absolute Gasteiger partial charge is 0.267 e. The predicted molar refractivity (Wildman–Crippen MR) is 82.7 cm³/mol. The van der Waals surface area contributed by atoms with E-state index in [2.05, 4.69) is 10.5 Å². The summed E-state index contributed by atoms with van der Waals surface area (Å²) in [5.74, 6) is -0.339. The van der Waals surface area contributed by atoms with Crippen molar-refractivity contribution in [2.45, 2.75) is 6.92 Å². The largest absolute Gasteiger partial charge is 0.271 e. The van der Waals surface area contributed by atoms with Gasteiger partial charge in [-0.2, -0.15) is 5.10 Å². The molecule has 0 aliphatic carbocycles. The summed E-state index contributed by atoms with van der Waals surface area (Å²) in [6, 6.07) is 12.4. The molecule has 0 atom stereocenters. The summed E-state index contributed by atoms with van der Waals surface area (Å²) in [7, 11) is 0. The molecule has 20 heavy (non-hydrogen) atoms. The first kappa shape index (κ1) is 14.6. The highest BCUT2D eigenvalue weighted by Gasteiger charge is 2.06. The summed E-state index contributed by atoms with van der Waals surface area (Å²) < 4.78 is 0. The molecular weight excluding hydrogens is 295 g/mol. The summed E-state index contributed by atoms with van der Waals surface area (Å²) in [6.45, 7) is 1.97. The van der Waals surface area contributed by atoms with E-state index < -0.39 is 0 Å². The summed E-state index contributed by atoms with van der Waals surface area (Å²) in [5.41, 5.74) is 4.88. The van der Waals surface area contributed by atoms with E-state index in [4.69, 9.17) is 23.2 Å². The van der Waals surface area contributed by atoms with Gasteiger partial charge >= 0.3 is 0 Å². The van der Waals surface area contributed by atoms with Crippen LogP contribution in [0.1, 0.15) is 21.5 Å². The number of carbonyl (C=O) groups excluding carboxylic acids is 1. The summed E-state index contributed by atoms with van der Waals surface area (Å²) in [6.07, 6.45) is 1.60. The maximum Gasteiger partial charge on any atom is 0.271 e. The second kappa shape index (κ2) is 6.55. The highest BCUT2D eigenvalue weighted by Crippen LogP contribution is 2.22. The zero-order valence-corrected chi connectivity index (χ0v) is 12.2. The van der Waals surface area contributed by atoms with Crippen LogP contribution in [0.25, 0.3) is 0 Å². The van der Waals surface area contributed by atoms with Crippen LogP contribution in [0.4, 0.5) is 0 Å². The van der Waals surface area contributed by atoms with Gasteiger partial charge in [0.25, 0.3) is 5.91 Å². The van der Waals surface area contributed by atoms with Gasteiger partial charge in [0.2, 0.25) is 0 Å². The highest BCUT2D eigenvalue weighted by atomic mass is 35.5. The molecule has 0 fully saturated rings. The Labute approximate surface area is 127 Å². The SMILES string of the molecule is Cc1ccccc1/C=N/NC(=O)c1ccc(Cl)c(Cl)c1.